The minimum atomic E-state index is -0.782. The molecule has 0 aliphatic carbocycles. The van der Waals surface area contributed by atoms with E-state index in [1.54, 1.807) is 54.7 Å². The fraction of sp³-hybridized carbons (Fsp3) is 0.444. The molecular formula is C27H38N6O7. The van der Waals surface area contributed by atoms with E-state index in [4.69, 9.17) is 18.9 Å². The summed E-state index contributed by atoms with van der Waals surface area (Å²) < 4.78 is 21.1. The van der Waals surface area contributed by atoms with Gasteiger partial charge in [-0.2, -0.15) is 0 Å². The highest BCUT2D eigenvalue weighted by atomic mass is 16.5. The van der Waals surface area contributed by atoms with E-state index < -0.39 is 24.4 Å². The average molecular weight is 559 g/mol. The van der Waals surface area contributed by atoms with Crippen molar-refractivity contribution in [3.63, 3.8) is 0 Å². The molecule has 40 heavy (non-hydrogen) atoms. The molecule has 2 atom stereocenters. The molecule has 1 aliphatic heterocycles. The van der Waals surface area contributed by atoms with Gasteiger partial charge in [-0.15, -0.1) is 0 Å². The first-order chi connectivity index (χ1) is 19.2. The SMILES string of the molecule is COc1ccc(CCNC(=O)N[C@H]2[C@H](NC(=O)NCCc3ccc(OC)c(OC)c3)N(C)C(=O)N2C)cc1OC. The summed E-state index contributed by atoms with van der Waals surface area (Å²) >= 11 is 0. The number of hydrogen-bond acceptors (Lipinski definition) is 7. The summed E-state index contributed by atoms with van der Waals surface area (Å²) in [4.78, 5) is 40.6. The second-order valence-corrected chi connectivity index (χ2v) is 9.07. The third kappa shape index (κ3) is 7.30. The summed E-state index contributed by atoms with van der Waals surface area (Å²) in [5, 5.41) is 11.1. The fourth-order valence-electron chi connectivity index (χ4n) is 4.35. The Morgan fingerprint density at radius 1 is 0.675 bits per heavy atom. The zero-order valence-corrected chi connectivity index (χ0v) is 23.7. The number of amides is 6. The van der Waals surface area contributed by atoms with Crippen LogP contribution in [0.15, 0.2) is 36.4 Å². The van der Waals surface area contributed by atoms with Gasteiger partial charge in [0.1, 0.15) is 12.3 Å². The summed E-state index contributed by atoms with van der Waals surface area (Å²) in [6, 6.07) is 9.80. The zero-order valence-electron chi connectivity index (χ0n) is 23.7. The van der Waals surface area contributed by atoms with Crippen molar-refractivity contribution in [1.29, 1.82) is 0 Å². The predicted molar refractivity (Wildman–Crippen MR) is 148 cm³/mol. The van der Waals surface area contributed by atoms with Crippen LogP contribution in [-0.2, 0) is 12.8 Å². The van der Waals surface area contributed by atoms with Gasteiger partial charge in [-0.05, 0) is 48.2 Å². The van der Waals surface area contributed by atoms with Crippen LogP contribution < -0.4 is 40.2 Å². The molecule has 1 fully saturated rings. The number of rotatable bonds is 12. The van der Waals surface area contributed by atoms with E-state index in [9.17, 15) is 14.4 Å². The molecule has 1 saturated heterocycles. The van der Waals surface area contributed by atoms with E-state index in [-0.39, 0.29) is 6.03 Å². The van der Waals surface area contributed by atoms with Crippen LogP contribution in [0, 0.1) is 0 Å². The quantitative estimate of drug-likeness (QED) is 0.311. The van der Waals surface area contributed by atoms with Gasteiger partial charge in [0.15, 0.2) is 23.0 Å². The number of nitrogens with zero attached hydrogens (tertiary/aromatic N) is 2. The van der Waals surface area contributed by atoms with Crippen LogP contribution >= 0.6 is 0 Å². The molecular weight excluding hydrogens is 520 g/mol. The fourth-order valence-corrected chi connectivity index (χ4v) is 4.35. The lowest BCUT2D eigenvalue weighted by Crippen LogP contribution is -2.59. The molecule has 0 spiro atoms. The Morgan fingerprint density at radius 2 is 1.05 bits per heavy atom. The van der Waals surface area contributed by atoms with E-state index in [1.807, 2.05) is 24.3 Å². The average Bonchev–Trinajstić information content (AvgIpc) is 3.15. The van der Waals surface area contributed by atoms with Crippen molar-refractivity contribution in [3.05, 3.63) is 47.5 Å². The topological polar surface area (TPSA) is 143 Å². The Balaban J connectivity index is 1.50. The standard InChI is InChI=1S/C27H38N6O7/c1-32-23(30-25(34)28-13-11-17-7-9-19(37-3)21(15-17)39-5)24(33(2)27(32)36)31-26(35)29-14-12-18-8-10-20(38-4)22(16-18)40-6/h7-10,15-16,23-24H,11-14H2,1-6H3,(H2,28,30,34)(H2,29,31,35)/t23-,24-/m1/s1. The Labute approximate surface area is 234 Å². The molecule has 0 bridgehead atoms. The molecule has 0 aromatic heterocycles. The number of benzene rings is 2. The largest absolute Gasteiger partial charge is 0.493 e. The number of hydrogen-bond donors (Lipinski definition) is 4. The van der Waals surface area contributed by atoms with Gasteiger partial charge in [0.2, 0.25) is 0 Å². The van der Waals surface area contributed by atoms with Crippen molar-refractivity contribution in [3.8, 4) is 23.0 Å². The summed E-state index contributed by atoms with van der Waals surface area (Å²) in [6.45, 7) is 0.687. The van der Waals surface area contributed by atoms with E-state index in [0.717, 1.165) is 11.1 Å². The lowest BCUT2D eigenvalue weighted by molar-refractivity contribution is 0.194. The molecule has 2 aromatic rings. The van der Waals surface area contributed by atoms with Gasteiger partial charge >= 0.3 is 18.1 Å². The normalized spacial score (nSPS) is 16.3. The van der Waals surface area contributed by atoms with Gasteiger partial charge in [0.05, 0.1) is 28.4 Å². The van der Waals surface area contributed by atoms with Gasteiger partial charge in [-0.3, -0.25) is 0 Å². The third-order valence-electron chi connectivity index (χ3n) is 6.59. The smallest absolute Gasteiger partial charge is 0.323 e. The third-order valence-corrected chi connectivity index (χ3v) is 6.59. The van der Waals surface area contributed by atoms with Crippen molar-refractivity contribution in [1.82, 2.24) is 31.1 Å². The molecule has 0 radical (unpaired) electrons. The molecule has 0 saturated carbocycles. The van der Waals surface area contributed by atoms with Crippen molar-refractivity contribution in [2.75, 3.05) is 55.6 Å². The highest BCUT2D eigenvalue weighted by Gasteiger charge is 2.43. The van der Waals surface area contributed by atoms with Crippen molar-refractivity contribution in [2.24, 2.45) is 0 Å². The Bertz CT molecular complexity index is 1100. The van der Waals surface area contributed by atoms with Gasteiger partial charge < -0.3 is 50.0 Å². The molecule has 13 nitrogen and oxygen atoms in total. The van der Waals surface area contributed by atoms with Crippen molar-refractivity contribution in [2.45, 2.75) is 25.2 Å². The maximum atomic E-state index is 12.7. The Kier molecular flexibility index (Phi) is 10.5. The molecule has 6 amide bonds. The number of methoxy groups -OCH3 is 4. The number of carbonyl (C=O) groups excluding carboxylic acids is 3. The van der Waals surface area contributed by atoms with Crippen LogP contribution in [0.3, 0.4) is 0 Å². The first-order valence-corrected chi connectivity index (χ1v) is 12.7. The maximum absolute atomic E-state index is 12.7. The second kappa shape index (κ2) is 14.0. The second-order valence-electron chi connectivity index (χ2n) is 9.07. The minimum absolute atomic E-state index is 0.341. The number of urea groups is 3. The number of ether oxygens (including phenoxy) is 4. The lowest BCUT2D eigenvalue weighted by Gasteiger charge is -2.27. The van der Waals surface area contributed by atoms with Crippen LogP contribution in [0.2, 0.25) is 0 Å². The van der Waals surface area contributed by atoms with Gasteiger partial charge in [0, 0.05) is 27.2 Å². The van der Waals surface area contributed by atoms with Crippen LogP contribution in [0.1, 0.15) is 11.1 Å². The predicted octanol–water partition coefficient (Wildman–Crippen LogP) is 1.75. The summed E-state index contributed by atoms with van der Waals surface area (Å²) in [6.07, 6.45) is -0.459. The minimum Gasteiger partial charge on any atom is -0.493 e. The molecule has 218 valence electrons. The zero-order chi connectivity index (χ0) is 29.2. The molecule has 1 heterocycles. The van der Waals surface area contributed by atoms with Gasteiger partial charge in [-0.25, -0.2) is 14.4 Å². The van der Waals surface area contributed by atoms with Crippen LogP contribution in [-0.4, -0.2) is 95.8 Å². The number of carbonyl (C=O) groups is 3. The highest BCUT2D eigenvalue weighted by Crippen LogP contribution is 2.28. The van der Waals surface area contributed by atoms with E-state index in [0.29, 0.717) is 48.9 Å². The molecule has 13 heteroatoms. The van der Waals surface area contributed by atoms with Crippen LogP contribution in [0.5, 0.6) is 23.0 Å². The van der Waals surface area contributed by atoms with Crippen molar-refractivity contribution < 1.29 is 33.3 Å². The first kappa shape index (κ1) is 30.0. The van der Waals surface area contributed by atoms with Crippen molar-refractivity contribution >= 4 is 18.1 Å². The Morgan fingerprint density at radius 3 is 1.40 bits per heavy atom. The van der Waals surface area contributed by atoms with E-state index >= 15 is 0 Å². The monoisotopic (exact) mass is 558 g/mol. The van der Waals surface area contributed by atoms with Gasteiger partial charge in [-0.1, -0.05) is 12.1 Å². The Hall–Kier alpha value is -4.55. The summed E-state index contributed by atoms with van der Waals surface area (Å²) in [5.41, 5.74) is 1.91. The molecule has 4 N–H and O–H groups in total. The van der Waals surface area contributed by atoms with E-state index in [1.165, 1.54) is 9.80 Å². The molecule has 2 aromatic carbocycles. The first-order valence-electron chi connectivity index (χ1n) is 12.7. The summed E-state index contributed by atoms with van der Waals surface area (Å²) in [5.74, 6) is 2.46. The lowest BCUT2D eigenvalue weighted by atomic mass is 10.1. The highest BCUT2D eigenvalue weighted by molar-refractivity contribution is 5.82. The summed E-state index contributed by atoms with van der Waals surface area (Å²) in [7, 11) is 9.38. The van der Waals surface area contributed by atoms with Crippen LogP contribution in [0.25, 0.3) is 0 Å². The van der Waals surface area contributed by atoms with Crippen LogP contribution in [0.4, 0.5) is 14.4 Å². The molecule has 3 rings (SSSR count). The molecule has 0 unspecified atom stereocenters. The number of nitrogens with one attached hydrogen (secondary N) is 4. The van der Waals surface area contributed by atoms with Gasteiger partial charge in [0.25, 0.3) is 0 Å². The van der Waals surface area contributed by atoms with E-state index in [2.05, 4.69) is 21.3 Å². The maximum Gasteiger partial charge on any atom is 0.323 e. The number of likely N-dealkylation sites (N-methyl/N-ethyl adjacent to an activating group) is 2. The molecule has 1 aliphatic rings.